The molecule has 1 aromatic heterocycles. The number of nitrogens with zero attached hydrogens (tertiary/aromatic N) is 1. The van der Waals surface area contributed by atoms with Crippen molar-refractivity contribution in [3.63, 3.8) is 0 Å². The molecule has 13 heavy (non-hydrogen) atoms. The highest BCUT2D eigenvalue weighted by atomic mass is 32.1. The first-order chi connectivity index (χ1) is 6.20. The van der Waals surface area contributed by atoms with Crippen molar-refractivity contribution < 1.29 is 14.4 Å². The second-order valence-corrected chi connectivity index (χ2v) is 3.46. The molecule has 0 aliphatic carbocycles. The molecule has 0 aliphatic rings. The van der Waals surface area contributed by atoms with Crippen molar-refractivity contribution in [2.45, 2.75) is 0 Å². The Morgan fingerprint density at radius 2 is 1.92 bits per heavy atom. The topological polar surface area (TPSA) is 70.4 Å². The summed E-state index contributed by atoms with van der Waals surface area (Å²) in [5.41, 5.74) is 2.97. The fourth-order valence-electron chi connectivity index (χ4n) is 0.803. The van der Waals surface area contributed by atoms with Gasteiger partial charge in [-0.1, -0.05) is 12.1 Å². The van der Waals surface area contributed by atoms with Crippen molar-refractivity contribution in [1.29, 1.82) is 0 Å². The number of para-hydroxylation sites is 1. The Hall–Kier alpha value is -0.870. The number of benzene rings is 1. The van der Waals surface area contributed by atoms with Gasteiger partial charge >= 0.3 is 8.25 Å². The van der Waals surface area contributed by atoms with E-state index in [1.807, 2.05) is 23.7 Å². The van der Waals surface area contributed by atoms with Gasteiger partial charge in [-0.2, -0.15) is 0 Å². The van der Waals surface area contributed by atoms with Crippen LogP contribution in [0.1, 0.15) is 0 Å². The molecular weight excluding hydrogens is 209 g/mol. The monoisotopic (exact) mass is 216 g/mol. The van der Waals surface area contributed by atoms with Crippen LogP contribution in [0.25, 0.3) is 10.2 Å². The number of hydrogen-bond donors (Lipinski definition) is 2. The smallest absolute Gasteiger partial charge is 0.245 e. The maximum atomic E-state index is 8.70. The van der Waals surface area contributed by atoms with Crippen molar-refractivity contribution in [3.05, 3.63) is 29.8 Å². The molecule has 0 amide bonds. The van der Waals surface area contributed by atoms with Gasteiger partial charge in [-0.25, -0.2) is 4.98 Å². The first-order valence-electron chi connectivity index (χ1n) is 3.33. The summed E-state index contributed by atoms with van der Waals surface area (Å²) in [6.07, 6.45) is 0. The van der Waals surface area contributed by atoms with Gasteiger partial charge in [0.25, 0.3) is 0 Å². The Morgan fingerprint density at radius 1 is 1.31 bits per heavy atom. The van der Waals surface area contributed by atoms with Gasteiger partial charge in [0.2, 0.25) is 0 Å². The van der Waals surface area contributed by atoms with E-state index in [-0.39, 0.29) is 0 Å². The zero-order valence-electron chi connectivity index (χ0n) is 6.49. The minimum absolute atomic E-state index is 1.10. The molecule has 0 saturated carbocycles. The lowest BCUT2D eigenvalue weighted by Gasteiger charge is -1.80. The Labute approximate surface area is 79.4 Å². The van der Waals surface area contributed by atoms with Crippen LogP contribution in [0.4, 0.5) is 0 Å². The summed E-state index contributed by atoms with van der Waals surface area (Å²) < 4.78 is 9.97. The zero-order valence-corrected chi connectivity index (χ0v) is 8.20. The minimum atomic E-state index is -2.87. The molecular formula is C7H7NO3PS+. The lowest BCUT2D eigenvalue weighted by atomic mass is 10.3. The Bertz CT molecular complexity index is 369. The predicted molar refractivity (Wildman–Crippen MR) is 51.7 cm³/mol. The average Bonchev–Trinajstić information content (AvgIpc) is 2.49. The second kappa shape index (κ2) is 4.99. The molecule has 0 radical (unpaired) electrons. The van der Waals surface area contributed by atoms with Crippen LogP contribution >= 0.6 is 19.6 Å². The van der Waals surface area contributed by atoms with Gasteiger partial charge < -0.3 is 0 Å². The first-order valence-corrected chi connectivity index (χ1v) is 5.38. The molecule has 2 rings (SSSR count). The minimum Gasteiger partial charge on any atom is -0.245 e. The van der Waals surface area contributed by atoms with E-state index in [1.165, 1.54) is 4.70 Å². The Morgan fingerprint density at radius 3 is 2.54 bits per heavy atom. The summed E-state index contributed by atoms with van der Waals surface area (Å²) in [5, 5.41) is 0. The van der Waals surface area contributed by atoms with Crippen LogP contribution < -0.4 is 0 Å². The summed E-state index contributed by atoms with van der Waals surface area (Å²) in [6.45, 7) is 0. The standard InChI is InChI=1S/C7H5NS.HO3P/c1-2-4-7-6(3-1)8-5-9-7;1-4(2)3/h1-5H;(H-,1,2,3)/p+1. The third-order valence-electron chi connectivity index (χ3n) is 1.24. The van der Waals surface area contributed by atoms with E-state index in [1.54, 1.807) is 11.3 Å². The molecule has 0 fully saturated rings. The summed E-state index contributed by atoms with van der Waals surface area (Å²) in [6, 6.07) is 8.13. The molecule has 1 heterocycles. The number of rotatable bonds is 0. The normalized spacial score (nSPS) is 9.08. The maximum Gasteiger partial charge on any atom is 0.692 e. The van der Waals surface area contributed by atoms with Crippen LogP contribution in [-0.2, 0) is 4.57 Å². The lowest BCUT2D eigenvalue weighted by molar-refractivity contribution is 0.405. The Balaban J connectivity index is 0.000000184. The van der Waals surface area contributed by atoms with Crippen molar-refractivity contribution >= 4 is 29.8 Å². The van der Waals surface area contributed by atoms with Crippen LogP contribution in [0, 0.1) is 0 Å². The van der Waals surface area contributed by atoms with E-state index in [0.29, 0.717) is 0 Å². The second-order valence-electron chi connectivity index (χ2n) is 2.07. The van der Waals surface area contributed by atoms with Crippen molar-refractivity contribution in [2.75, 3.05) is 0 Å². The number of hydrogen-bond acceptors (Lipinski definition) is 3. The highest BCUT2D eigenvalue weighted by Crippen LogP contribution is 2.15. The van der Waals surface area contributed by atoms with E-state index < -0.39 is 8.25 Å². The van der Waals surface area contributed by atoms with Gasteiger partial charge in [-0.15, -0.1) is 21.1 Å². The molecule has 2 N–H and O–H groups in total. The van der Waals surface area contributed by atoms with Crippen LogP contribution in [-0.4, -0.2) is 14.8 Å². The van der Waals surface area contributed by atoms with E-state index in [9.17, 15) is 0 Å². The lowest BCUT2D eigenvalue weighted by Crippen LogP contribution is -1.61. The van der Waals surface area contributed by atoms with Gasteiger partial charge in [-0.05, 0) is 12.1 Å². The molecule has 4 nitrogen and oxygen atoms in total. The van der Waals surface area contributed by atoms with Crippen molar-refractivity contribution in [3.8, 4) is 0 Å². The number of thiazole rings is 1. The largest absolute Gasteiger partial charge is 0.692 e. The maximum absolute atomic E-state index is 8.70. The molecule has 0 spiro atoms. The van der Waals surface area contributed by atoms with Gasteiger partial charge in [0.15, 0.2) is 0 Å². The third kappa shape index (κ3) is 3.57. The molecule has 6 heteroatoms. The third-order valence-corrected chi connectivity index (χ3v) is 2.05. The molecule has 68 valence electrons. The molecule has 2 aromatic rings. The highest BCUT2D eigenvalue weighted by molar-refractivity contribution is 7.30. The van der Waals surface area contributed by atoms with Gasteiger partial charge in [0.05, 0.1) is 15.7 Å². The van der Waals surface area contributed by atoms with Gasteiger partial charge in [0, 0.05) is 4.57 Å². The Kier molecular flexibility index (Phi) is 3.92. The zero-order chi connectivity index (χ0) is 9.68. The average molecular weight is 216 g/mol. The van der Waals surface area contributed by atoms with Crippen LogP contribution in [0.3, 0.4) is 0 Å². The molecule has 0 atom stereocenters. The van der Waals surface area contributed by atoms with Crippen LogP contribution in [0.2, 0.25) is 0 Å². The van der Waals surface area contributed by atoms with E-state index in [4.69, 9.17) is 14.4 Å². The SMILES string of the molecule is O=[P+](O)O.c1ccc2scnc2c1. The molecule has 0 saturated heterocycles. The summed E-state index contributed by atoms with van der Waals surface area (Å²) in [4.78, 5) is 18.4. The molecule has 1 aromatic carbocycles. The number of aromatic nitrogens is 1. The molecule has 0 unspecified atom stereocenters. The van der Waals surface area contributed by atoms with Crippen LogP contribution in [0.5, 0.6) is 0 Å². The van der Waals surface area contributed by atoms with E-state index in [0.717, 1.165) is 5.52 Å². The van der Waals surface area contributed by atoms with Crippen molar-refractivity contribution in [2.24, 2.45) is 0 Å². The number of fused-ring (bicyclic) bond motifs is 1. The first kappa shape index (κ1) is 10.2. The van der Waals surface area contributed by atoms with E-state index >= 15 is 0 Å². The quantitative estimate of drug-likeness (QED) is 0.660. The predicted octanol–water partition coefficient (Wildman–Crippen LogP) is 1.92. The summed E-state index contributed by atoms with van der Waals surface area (Å²) >= 11 is 1.68. The van der Waals surface area contributed by atoms with Crippen LogP contribution in [0.15, 0.2) is 29.8 Å². The summed E-state index contributed by atoms with van der Waals surface area (Å²) in [5.74, 6) is 0. The van der Waals surface area contributed by atoms with Gasteiger partial charge in [0.1, 0.15) is 0 Å². The highest BCUT2D eigenvalue weighted by Gasteiger charge is 1.93. The van der Waals surface area contributed by atoms with Gasteiger partial charge in [-0.3, -0.25) is 0 Å². The molecule has 0 bridgehead atoms. The molecule has 0 aliphatic heterocycles. The fraction of sp³-hybridized carbons (Fsp3) is 0. The van der Waals surface area contributed by atoms with E-state index in [2.05, 4.69) is 11.1 Å². The fourth-order valence-corrected chi connectivity index (χ4v) is 1.48. The summed E-state index contributed by atoms with van der Waals surface area (Å²) in [7, 11) is -2.87. The van der Waals surface area contributed by atoms with Crippen molar-refractivity contribution in [1.82, 2.24) is 4.98 Å².